The normalized spacial score (nSPS) is 12.1. The predicted molar refractivity (Wildman–Crippen MR) is 141 cm³/mol. The van der Waals surface area contributed by atoms with Crippen LogP contribution in [0.4, 0.5) is 0 Å². The maximum absolute atomic E-state index is 12.0. The molecule has 1 N–H and O–H groups in total. The summed E-state index contributed by atoms with van der Waals surface area (Å²) in [6.07, 6.45) is 21.6. The average molecular weight is 485 g/mol. The van der Waals surface area contributed by atoms with Crippen LogP contribution in [0.1, 0.15) is 149 Å². The first-order chi connectivity index (χ1) is 16.5. The molecule has 0 bridgehead atoms. The van der Waals surface area contributed by atoms with E-state index in [9.17, 15) is 14.7 Å². The van der Waals surface area contributed by atoms with E-state index in [1.54, 1.807) is 0 Å². The smallest absolute Gasteiger partial charge is 0.306 e. The van der Waals surface area contributed by atoms with E-state index in [1.807, 2.05) is 0 Å². The summed E-state index contributed by atoms with van der Waals surface area (Å²) in [7, 11) is 0. The van der Waals surface area contributed by atoms with Gasteiger partial charge in [0.05, 0.1) is 6.61 Å². The fourth-order valence-electron chi connectivity index (χ4n) is 4.09. The second kappa shape index (κ2) is 25.0. The maximum atomic E-state index is 12.0. The second-order valence-electron chi connectivity index (χ2n) is 10.3. The van der Waals surface area contributed by atoms with Gasteiger partial charge in [-0.05, 0) is 18.8 Å². The summed E-state index contributed by atoms with van der Waals surface area (Å²) < 4.78 is 10.5. The van der Waals surface area contributed by atoms with Gasteiger partial charge in [0, 0.05) is 12.8 Å². The first-order valence-corrected chi connectivity index (χ1v) is 14.5. The van der Waals surface area contributed by atoms with E-state index < -0.39 is 6.10 Å². The van der Waals surface area contributed by atoms with Crippen LogP contribution in [0.5, 0.6) is 0 Å². The zero-order valence-corrected chi connectivity index (χ0v) is 22.8. The highest BCUT2D eigenvalue weighted by Gasteiger charge is 2.16. The van der Waals surface area contributed by atoms with Gasteiger partial charge < -0.3 is 14.6 Å². The van der Waals surface area contributed by atoms with Gasteiger partial charge in [0.15, 0.2) is 6.10 Å². The van der Waals surface area contributed by atoms with Crippen molar-refractivity contribution in [2.75, 3.05) is 13.2 Å². The van der Waals surface area contributed by atoms with Gasteiger partial charge in [0.25, 0.3) is 0 Å². The van der Waals surface area contributed by atoms with Gasteiger partial charge in [0.2, 0.25) is 0 Å². The largest absolute Gasteiger partial charge is 0.462 e. The third-order valence-electron chi connectivity index (χ3n) is 6.33. The minimum absolute atomic E-state index is 0.0605. The number of carbonyl (C=O) groups excluding carboxylic acids is 2. The van der Waals surface area contributed by atoms with Crippen molar-refractivity contribution in [3.63, 3.8) is 0 Å². The number of hydrogen-bond acceptors (Lipinski definition) is 5. The van der Waals surface area contributed by atoms with Crippen LogP contribution in [-0.4, -0.2) is 36.4 Å². The van der Waals surface area contributed by atoms with Crippen molar-refractivity contribution in [1.82, 2.24) is 0 Å². The molecule has 5 heteroatoms. The van der Waals surface area contributed by atoms with E-state index >= 15 is 0 Å². The Bertz CT molecular complexity index is 463. The predicted octanol–water partition coefficient (Wildman–Crippen LogP) is 7.91. The molecule has 0 saturated heterocycles. The van der Waals surface area contributed by atoms with Gasteiger partial charge in [-0.3, -0.25) is 9.59 Å². The van der Waals surface area contributed by atoms with Crippen LogP contribution in [0, 0.1) is 5.92 Å². The topological polar surface area (TPSA) is 72.8 Å². The molecule has 202 valence electrons. The summed E-state index contributed by atoms with van der Waals surface area (Å²) in [4.78, 5) is 23.9. The summed E-state index contributed by atoms with van der Waals surface area (Å²) in [5, 5.41) is 9.42. The Morgan fingerprint density at radius 2 is 1.09 bits per heavy atom. The molecule has 0 aromatic rings. The molecule has 0 heterocycles. The molecule has 0 aliphatic heterocycles. The number of aliphatic hydroxyl groups excluding tert-OH is 1. The second-order valence-corrected chi connectivity index (χ2v) is 10.3. The average Bonchev–Trinajstić information content (AvgIpc) is 2.81. The molecular formula is C29H56O5. The highest BCUT2D eigenvalue weighted by molar-refractivity contribution is 5.70. The minimum atomic E-state index is -0.758. The zero-order chi connectivity index (χ0) is 25.3. The Morgan fingerprint density at radius 3 is 1.56 bits per heavy atom. The Morgan fingerprint density at radius 1 is 0.647 bits per heavy atom. The Balaban J connectivity index is 3.58. The van der Waals surface area contributed by atoms with Crippen molar-refractivity contribution in [3.8, 4) is 0 Å². The summed E-state index contributed by atoms with van der Waals surface area (Å²) in [5.41, 5.74) is 0. The lowest BCUT2D eigenvalue weighted by atomic mass is 10.0. The lowest BCUT2D eigenvalue weighted by molar-refractivity contribution is -0.161. The number of esters is 2. The molecule has 0 aliphatic carbocycles. The van der Waals surface area contributed by atoms with E-state index in [2.05, 4.69) is 20.8 Å². The van der Waals surface area contributed by atoms with Crippen LogP contribution in [0.2, 0.25) is 0 Å². The molecule has 0 fully saturated rings. The standard InChI is InChI=1S/C29H56O5/c1-4-5-6-7-12-16-19-22-28(31)33-25-27(24-30)34-29(32)23-20-17-14-11-9-8-10-13-15-18-21-26(2)3/h26-27,30H,4-25H2,1-3H3/t27-/m0/s1. The van der Waals surface area contributed by atoms with Crippen molar-refractivity contribution >= 4 is 11.9 Å². The van der Waals surface area contributed by atoms with Gasteiger partial charge in [-0.15, -0.1) is 0 Å². The molecule has 0 unspecified atom stereocenters. The Labute approximate surface area is 210 Å². The highest BCUT2D eigenvalue weighted by Crippen LogP contribution is 2.14. The van der Waals surface area contributed by atoms with Crippen molar-refractivity contribution in [3.05, 3.63) is 0 Å². The summed E-state index contributed by atoms with van der Waals surface area (Å²) in [5.74, 6) is 0.232. The minimum Gasteiger partial charge on any atom is -0.462 e. The molecular weight excluding hydrogens is 428 g/mol. The van der Waals surface area contributed by atoms with Crippen LogP contribution in [-0.2, 0) is 19.1 Å². The lowest BCUT2D eigenvalue weighted by Crippen LogP contribution is -2.28. The number of aliphatic hydroxyl groups is 1. The van der Waals surface area contributed by atoms with Gasteiger partial charge >= 0.3 is 11.9 Å². The highest BCUT2D eigenvalue weighted by atomic mass is 16.6. The van der Waals surface area contributed by atoms with Crippen molar-refractivity contribution in [2.45, 2.75) is 155 Å². The van der Waals surface area contributed by atoms with Crippen LogP contribution in [0.15, 0.2) is 0 Å². The fourth-order valence-corrected chi connectivity index (χ4v) is 4.09. The summed E-state index contributed by atoms with van der Waals surface area (Å²) in [6, 6.07) is 0. The molecule has 1 atom stereocenters. The lowest BCUT2D eigenvalue weighted by Gasteiger charge is -2.15. The molecule has 0 amide bonds. The SMILES string of the molecule is CCCCCCCCCC(=O)OC[C@H](CO)OC(=O)CCCCCCCCCCCCC(C)C. The van der Waals surface area contributed by atoms with Crippen LogP contribution < -0.4 is 0 Å². The number of ether oxygens (including phenoxy) is 2. The summed E-state index contributed by atoms with van der Waals surface area (Å²) in [6.45, 7) is 6.40. The van der Waals surface area contributed by atoms with Crippen LogP contribution in [0.25, 0.3) is 0 Å². The Hall–Kier alpha value is -1.10. The van der Waals surface area contributed by atoms with Crippen molar-refractivity contribution in [1.29, 1.82) is 0 Å². The molecule has 0 aromatic heterocycles. The van der Waals surface area contributed by atoms with Crippen LogP contribution >= 0.6 is 0 Å². The molecule has 0 rings (SSSR count). The van der Waals surface area contributed by atoms with E-state index in [-0.39, 0.29) is 25.2 Å². The fraction of sp³-hybridized carbons (Fsp3) is 0.931. The third kappa shape index (κ3) is 24.0. The monoisotopic (exact) mass is 484 g/mol. The number of rotatable bonds is 25. The number of carbonyl (C=O) groups is 2. The van der Waals surface area contributed by atoms with Gasteiger partial charge in [-0.2, -0.15) is 0 Å². The molecule has 0 radical (unpaired) electrons. The van der Waals surface area contributed by atoms with Gasteiger partial charge in [-0.1, -0.05) is 124 Å². The van der Waals surface area contributed by atoms with E-state index in [0.29, 0.717) is 12.8 Å². The number of hydrogen-bond donors (Lipinski definition) is 1. The van der Waals surface area contributed by atoms with E-state index in [4.69, 9.17) is 9.47 Å². The molecule has 34 heavy (non-hydrogen) atoms. The van der Waals surface area contributed by atoms with Crippen LogP contribution in [0.3, 0.4) is 0 Å². The zero-order valence-electron chi connectivity index (χ0n) is 22.8. The first kappa shape index (κ1) is 32.9. The molecule has 0 aliphatic rings. The van der Waals surface area contributed by atoms with Crippen molar-refractivity contribution in [2.24, 2.45) is 5.92 Å². The Kier molecular flexibility index (Phi) is 24.2. The van der Waals surface area contributed by atoms with E-state index in [0.717, 1.165) is 44.4 Å². The quantitative estimate of drug-likeness (QED) is 0.105. The van der Waals surface area contributed by atoms with Gasteiger partial charge in [-0.25, -0.2) is 0 Å². The molecule has 0 saturated carbocycles. The third-order valence-corrected chi connectivity index (χ3v) is 6.33. The van der Waals surface area contributed by atoms with Crippen molar-refractivity contribution < 1.29 is 24.2 Å². The molecule has 0 spiro atoms. The van der Waals surface area contributed by atoms with E-state index in [1.165, 1.54) is 77.0 Å². The summed E-state index contributed by atoms with van der Waals surface area (Å²) >= 11 is 0. The molecule has 5 nitrogen and oxygen atoms in total. The first-order valence-electron chi connectivity index (χ1n) is 14.5. The molecule has 0 aromatic carbocycles. The number of unbranched alkanes of at least 4 members (excludes halogenated alkanes) is 15. The van der Waals surface area contributed by atoms with Gasteiger partial charge in [0.1, 0.15) is 6.61 Å². The maximum Gasteiger partial charge on any atom is 0.306 e.